The van der Waals surface area contributed by atoms with Gasteiger partial charge in [0.25, 0.3) is 0 Å². The second-order valence-corrected chi connectivity index (χ2v) is 7.76. The van der Waals surface area contributed by atoms with Gasteiger partial charge in [0.2, 0.25) is 0 Å². The maximum atomic E-state index is 12.4. The van der Waals surface area contributed by atoms with Crippen molar-refractivity contribution in [2.75, 3.05) is 12.9 Å². The standard InChI is InChI=1S/C17H24O3S/c1-12-5-4-6-14(9-12)21(19)11-16(18)15-8-7-13(2)10-17(15)20-3/h7-8,10,12,14H,4-6,9,11H2,1-3H3. The first-order valence-electron chi connectivity index (χ1n) is 7.56. The smallest absolute Gasteiger partial charge is 0.179 e. The van der Waals surface area contributed by atoms with E-state index in [1.54, 1.807) is 13.2 Å². The predicted molar refractivity (Wildman–Crippen MR) is 86.5 cm³/mol. The molecule has 0 amide bonds. The molecule has 0 spiro atoms. The summed E-state index contributed by atoms with van der Waals surface area (Å²) in [7, 11) is 0.482. The van der Waals surface area contributed by atoms with Gasteiger partial charge < -0.3 is 4.74 Å². The Balaban J connectivity index is 2.05. The molecule has 0 aliphatic heterocycles. The summed E-state index contributed by atoms with van der Waals surface area (Å²) in [6.45, 7) is 4.16. The summed E-state index contributed by atoms with van der Waals surface area (Å²) in [6, 6.07) is 5.51. The topological polar surface area (TPSA) is 43.4 Å². The zero-order chi connectivity index (χ0) is 15.4. The Morgan fingerprint density at radius 2 is 2.14 bits per heavy atom. The van der Waals surface area contributed by atoms with Crippen LogP contribution in [0.3, 0.4) is 0 Å². The van der Waals surface area contributed by atoms with Crippen molar-refractivity contribution in [2.24, 2.45) is 5.92 Å². The number of Topliss-reactive ketones (excluding diaryl/α,β-unsaturated/α-hetero) is 1. The minimum Gasteiger partial charge on any atom is -0.496 e. The zero-order valence-electron chi connectivity index (χ0n) is 13.1. The molecule has 4 heteroatoms. The van der Waals surface area contributed by atoms with E-state index >= 15 is 0 Å². The summed E-state index contributed by atoms with van der Waals surface area (Å²) in [5, 5.41) is 0.175. The summed E-state index contributed by atoms with van der Waals surface area (Å²) in [5.41, 5.74) is 1.59. The quantitative estimate of drug-likeness (QED) is 0.782. The largest absolute Gasteiger partial charge is 0.496 e. The molecule has 1 fully saturated rings. The first kappa shape index (κ1) is 16.2. The summed E-state index contributed by atoms with van der Waals surface area (Å²) < 4.78 is 17.7. The van der Waals surface area contributed by atoms with E-state index in [0.29, 0.717) is 17.2 Å². The lowest BCUT2D eigenvalue weighted by molar-refractivity contribution is 0.101. The Hall–Kier alpha value is -1.16. The molecular formula is C17H24O3S. The highest BCUT2D eigenvalue weighted by atomic mass is 32.2. The van der Waals surface area contributed by atoms with Gasteiger partial charge in [-0.2, -0.15) is 0 Å². The number of carbonyl (C=O) groups is 1. The third-order valence-electron chi connectivity index (χ3n) is 4.19. The molecule has 1 aromatic carbocycles. The normalized spacial score (nSPS) is 23.6. The van der Waals surface area contributed by atoms with Crippen molar-refractivity contribution in [3.63, 3.8) is 0 Å². The van der Waals surface area contributed by atoms with Crippen molar-refractivity contribution in [2.45, 2.75) is 44.8 Å². The molecule has 0 bridgehead atoms. The van der Waals surface area contributed by atoms with Crippen LogP contribution in [0.15, 0.2) is 18.2 Å². The minimum absolute atomic E-state index is 0.0802. The van der Waals surface area contributed by atoms with Gasteiger partial charge in [-0.15, -0.1) is 0 Å². The molecule has 3 nitrogen and oxygen atoms in total. The molecule has 21 heavy (non-hydrogen) atoms. The number of benzene rings is 1. The van der Waals surface area contributed by atoms with Crippen molar-refractivity contribution in [3.8, 4) is 5.75 Å². The Labute approximate surface area is 129 Å². The lowest BCUT2D eigenvalue weighted by Gasteiger charge is -2.25. The van der Waals surface area contributed by atoms with Gasteiger partial charge >= 0.3 is 0 Å². The number of rotatable bonds is 5. The van der Waals surface area contributed by atoms with Crippen LogP contribution < -0.4 is 4.74 Å². The zero-order valence-corrected chi connectivity index (χ0v) is 13.9. The van der Waals surface area contributed by atoms with Crippen LogP contribution in [-0.2, 0) is 10.8 Å². The molecule has 0 aromatic heterocycles. The van der Waals surface area contributed by atoms with Crippen LogP contribution >= 0.6 is 0 Å². The van der Waals surface area contributed by atoms with Crippen LogP contribution in [0.1, 0.15) is 48.5 Å². The number of aryl methyl sites for hydroxylation is 1. The van der Waals surface area contributed by atoms with Gasteiger partial charge in [0.15, 0.2) is 5.78 Å². The van der Waals surface area contributed by atoms with Gasteiger partial charge in [0.05, 0.1) is 18.4 Å². The first-order chi connectivity index (χ1) is 10.0. The van der Waals surface area contributed by atoms with Gasteiger partial charge in [-0.05, 0) is 43.4 Å². The Morgan fingerprint density at radius 3 is 2.81 bits per heavy atom. The molecule has 3 unspecified atom stereocenters. The number of carbonyl (C=O) groups excluding carboxylic acids is 1. The van der Waals surface area contributed by atoms with Crippen LogP contribution in [0.4, 0.5) is 0 Å². The molecule has 0 saturated heterocycles. The minimum atomic E-state index is -1.08. The predicted octanol–water partition coefficient (Wildman–Crippen LogP) is 3.51. The Morgan fingerprint density at radius 1 is 1.38 bits per heavy atom. The van der Waals surface area contributed by atoms with Crippen LogP contribution in [-0.4, -0.2) is 28.1 Å². The van der Waals surface area contributed by atoms with Crippen molar-refractivity contribution in [1.29, 1.82) is 0 Å². The van der Waals surface area contributed by atoms with Gasteiger partial charge in [-0.1, -0.05) is 25.8 Å². The second kappa shape index (κ2) is 7.21. The van der Waals surface area contributed by atoms with E-state index in [0.717, 1.165) is 24.8 Å². The fraction of sp³-hybridized carbons (Fsp3) is 0.588. The van der Waals surface area contributed by atoms with Crippen molar-refractivity contribution in [1.82, 2.24) is 0 Å². The monoisotopic (exact) mass is 308 g/mol. The summed E-state index contributed by atoms with van der Waals surface area (Å²) in [6.07, 6.45) is 4.30. The van der Waals surface area contributed by atoms with Crippen LogP contribution in [0.5, 0.6) is 5.75 Å². The SMILES string of the molecule is COc1cc(C)ccc1C(=O)CS(=O)C1CCCC(C)C1. The fourth-order valence-corrected chi connectivity index (χ4v) is 4.59. The number of ether oxygens (including phenoxy) is 1. The highest BCUT2D eigenvalue weighted by molar-refractivity contribution is 7.86. The van der Waals surface area contributed by atoms with Crippen LogP contribution in [0.25, 0.3) is 0 Å². The molecule has 116 valence electrons. The maximum absolute atomic E-state index is 12.4. The highest BCUT2D eigenvalue weighted by Crippen LogP contribution is 2.28. The third kappa shape index (κ3) is 4.16. The van der Waals surface area contributed by atoms with E-state index in [1.807, 2.05) is 19.1 Å². The molecule has 0 N–H and O–H groups in total. The van der Waals surface area contributed by atoms with Gasteiger partial charge in [-0.3, -0.25) is 9.00 Å². The average Bonchev–Trinajstić information content (AvgIpc) is 2.46. The van der Waals surface area contributed by atoms with E-state index in [-0.39, 0.29) is 16.8 Å². The summed E-state index contributed by atoms with van der Waals surface area (Å²) in [5.74, 6) is 1.23. The summed E-state index contributed by atoms with van der Waals surface area (Å²) >= 11 is 0. The highest BCUT2D eigenvalue weighted by Gasteiger charge is 2.26. The summed E-state index contributed by atoms with van der Waals surface area (Å²) in [4.78, 5) is 12.4. The van der Waals surface area contributed by atoms with E-state index in [9.17, 15) is 9.00 Å². The van der Waals surface area contributed by atoms with Crippen molar-refractivity contribution < 1.29 is 13.7 Å². The molecule has 1 aliphatic carbocycles. The third-order valence-corrected chi connectivity index (χ3v) is 5.91. The molecule has 2 rings (SSSR count). The fourth-order valence-electron chi connectivity index (χ4n) is 2.97. The van der Waals surface area contributed by atoms with Crippen molar-refractivity contribution >= 4 is 16.6 Å². The molecule has 1 saturated carbocycles. The lowest BCUT2D eigenvalue weighted by Crippen LogP contribution is -2.27. The Kier molecular flexibility index (Phi) is 5.57. The Bertz CT molecular complexity index is 539. The molecular weight excluding hydrogens is 284 g/mol. The van der Waals surface area contributed by atoms with Crippen LogP contribution in [0, 0.1) is 12.8 Å². The molecule has 0 radical (unpaired) electrons. The van der Waals surface area contributed by atoms with Crippen molar-refractivity contribution in [3.05, 3.63) is 29.3 Å². The van der Waals surface area contributed by atoms with Gasteiger partial charge in [0.1, 0.15) is 5.75 Å². The maximum Gasteiger partial charge on any atom is 0.179 e. The molecule has 3 atom stereocenters. The number of hydrogen-bond donors (Lipinski definition) is 0. The van der Waals surface area contributed by atoms with Gasteiger partial charge in [-0.25, -0.2) is 0 Å². The average molecular weight is 308 g/mol. The van der Waals surface area contributed by atoms with E-state index < -0.39 is 10.8 Å². The number of hydrogen-bond acceptors (Lipinski definition) is 3. The second-order valence-electron chi connectivity index (χ2n) is 6.05. The molecule has 1 aromatic rings. The van der Waals surface area contributed by atoms with Crippen LogP contribution in [0.2, 0.25) is 0 Å². The molecule has 1 aliphatic rings. The van der Waals surface area contributed by atoms with E-state index in [1.165, 1.54) is 6.42 Å². The molecule has 0 heterocycles. The lowest BCUT2D eigenvalue weighted by atomic mass is 9.91. The van der Waals surface area contributed by atoms with Gasteiger partial charge in [0, 0.05) is 16.0 Å². The number of ketones is 1. The number of methoxy groups -OCH3 is 1. The first-order valence-corrected chi connectivity index (χ1v) is 8.94. The van der Waals surface area contributed by atoms with E-state index in [2.05, 4.69) is 6.92 Å². The van der Waals surface area contributed by atoms with E-state index in [4.69, 9.17) is 4.74 Å².